The van der Waals surface area contributed by atoms with Gasteiger partial charge in [0.1, 0.15) is 0 Å². The number of aryl methyl sites for hydroxylation is 1. The molecule has 0 saturated carbocycles. The van der Waals surface area contributed by atoms with Crippen LogP contribution in [-0.4, -0.2) is 47.7 Å². The van der Waals surface area contributed by atoms with E-state index in [0.717, 1.165) is 13.0 Å². The van der Waals surface area contributed by atoms with Crippen LogP contribution in [0, 0.1) is 0 Å². The lowest BCUT2D eigenvalue weighted by Crippen LogP contribution is -2.30. The number of nitrogens with one attached hydrogen (secondary N) is 1. The van der Waals surface area contributed by atoms with Gasteiger partial charge < -0.3 is 14.2 Å². The number of carbonyl (C=O) groups excluding carboxylic acids is 1. The molecule has 0 saturated heterocycles. The fourth-order valence-electron chi connectivity index (χ4n) is 1.63. The van der Waals surface area contributed by atoms with Gasteiger partial charge in [0.2, 0.25) is 0 Å². The van der Waals surface area contributed by atoms with Crippen molar-refractivity contribution in [3.8, 4) is 0 Å². The van der Waals surface area contributed by atoms with E-state index in [1.165, 1.54) is 23.9 Å². The number of hydrogen-bond donors (Lipinski definition) is 1. The van der Waals surface area contributed by atoms with Crippen molar-refractivity contribution < 1.29 is 9.53 Å². The molecule has 0 aliphatic rings. The normalized spacial score (nSPS) is 10.7. The number of ether oxygens (including phenoxy) is 1. The summed E-state index contributed by atoms with van der Waals surface area (Å²) in [6.45, 7) is 1.90. The number of aromatic amines is 1. The summed E-state index contributed by atoms with van der Waals surface area (Å²) in [5.74, 6) is -0.233. The first kappa shape index (κ1) is 15.2. The summed E-state index contributed by atoms with van der Waals surface area (Å²) in [5, 5.41) is 0. The fraction of sp³-hybridized carbons (Fsp3) is 0.583. The molecule has 1 rings (SSSR count). The molecule has 0 aliphatic heterocycles. The summed E-state index contributed by atoms with van der Waals surface area (Å²) < 4.78 is 6.01. The predicted molar refractivity (Wildman–Crippen MR) is 70.1 cm³/mol. The first-order valence-corrected chi connectivity index (χ1v) is 6.08. The number of esters is 1. The maximum absolute atomic E-state index is 11.4. The van der Waals surface area contributed by atoms with Gasteiger partial charge in [-0.3, -0.25) is 14.6 Å². The maximum atomic E-state index is 11.4. The molecule has 0 spiro atoms. The van der Waals surface area contributed by atoms with Crippen molar-refractivity contribution in [3.05, 3.63) is 33.1 Å². The van der Waals surface area contributed by atoms with Crippen molar-refractivity contribution >= 4 is 5.97 Å². The zero-order valence-corrected chi connectivity index (χ0v) is 11.2. The second-order valence-corrected chi connectivity index (χ2v) is 4.29. The molecule has 0 amide bonds. The largest absolute Gasteiger partial charge is 0.469 e. The van der Waals surface area contributed by atoms with Crippen LogP contribution < -0.4 is 11.2 Å². The molecule has 0 aliphatic carbocycles. The number of carbonyl (C=O) groups is 1. The van der Waals surface area contributed by atoms with Gasteiger partial charge in [0.05, 0.1) is 13.5 Å². The van der Waals surface area contributed by atoms with E-state index in [-0.39, 0.29) is 5.97 Å². The Morgan fingerprint density at radius 2 is 2.16 bits per heavy atom. The fourth-order valence-corrected chi connectivity index (χ4v) is 1.63. The van der Waals surface area contributed by atoms with Crippen molar-refractivity contribution in [2.24, 2.45) is 0 Å². The summed E-state index contributed by atoms with van der Waals surface area (Å²) >= 11 is 0. The molecular formula is C12H19N3O4. The van der Waals surface area contributed by atoms with E-state index < -0.39 is 11.2 Å². The number of hydrogen-bond acceptors (Lipinski definition) is 5. The quantitative estimate of drug-likeness (QED) is 0.670. The second kappa shape index (κ2) is 7.52. The highest BCUT2D eigenvalue weighted by molar-refractivity contribution is 5.69. The smallest absolute Gasteiger partial charge is 0.328 e. The Balaban J connectivity index is 2.31. The molecule has 0 atom stereocenters. The van der Waals surface area contributed by atoms with Gasteiger partial charge in [0.15, 0.2) is 0 Å². The molecule has 0 unspecified atom stereocenters. The Kier molecular flexibility index (Phi) is 6.01. The molecule has 1 aromatic rings. The SMILES string of the molecule is COC(=O)CCN(C)CCCn1ccc(=O)[nH]c1=O. The molecule has 1 aromatic heterocycles. The highest BCUT2D eigenvalue weighted by Crippen LogP contribution is 1.93. The van der Waals surface area contributed by atoms with E-state index in [1.807, 2.05) is 11.9 Å². The Morgan fingerprint density at radius 3 is 2.79 bits per heavy atom. The first-order valence-electron chi connectivity index (χ1n) is 6.08. The minimum absolute atomic E-state index is 0.233. The van der Waals surface area contributed by atoms with Gasteiger partial charge in [-0.25, -0.2) is 4.79 Å². The minimum atomic E-state index is -0.398. The maximum Gasteiger partial charge on any atom is 0.328 e. The van der Waals surface area contributed by atoms with E-state index in [1.54, 1.807) is 0 Å². The predicted octanol–water partition coefficient (Wildman–Crippen LogP) is -0.578. The molecule has 7 nitrogen and oxygen atoms in total. The Labute approximate surface area is 110 Å². The molecule has 0 radical (unpaired) electrons. The van der Waals surface area contributed by atoms with Gasteiger partial charge in [0, 0.05) is 25.4 Å². The minimum Gasteiger partial charge on any atom is -0.469 e. The first-order chi connectivity index (χ1) is 9.02. The van der Waals surface area contributed by atoms with E-state index in [4.69, 9.17) is 0 Å². The molecule has 0 fully saturated rings. The number of aromatic nitrogens is 2. The topological polar surface area (TPSA) is 84.4 Å². The molecule has 1 heterocycles. The van der Waals surface area contributed by atoms with Gasteiger partial charge in [0.25, 0.3) is 5.56 Å². The third-order valence-electron chi connectivity index (χ3n) is 2.76. The van der Waals surface area contributed by atoms with Crippen LogP contribution in [0.4, 0.5) is 0 Å². The number of rotatable bonds is 7. The lowest BCUT2D eigenvalue weighted by Gasteiger charge is -2.15. The standard InChI is InChI=1S/C12H19N3O4/c1-14(8-5-11(17)19-2)6-3-7-15-9-4-10(16)13-12(15)18/h4,9H,3,5-8H2,1-2H3,(H,13,16,18). The zero-order valence-electron chi connectivity index (χ0n) is 11.2. The molecule has 7 heteroatoms. The van der Waals surface area contributed by atoms with Gasteiger partial charge in [-0.1, -0.05) is 0 Å². The van der Waals surface area contributed by atoms with Gasteiger partial charge in [-0.05, 0) is 20.0 Å². The number of methoxy groups -OCH3 is 1. The monoisotopic (exact) mass is 269 g/mol. The van der Waals surface area contributed by atoms with Gasteiger partial charge in [-0.2, -0.15) is 0 Å². The molecule has 0 bridgehead atoms. The van der Waals surface area contributed by atoms with Crippen LogP contribution in [-0.2, 0) is 16.1 Å². The van der Waals surface area contributed by atoms with Crippen molar-refractivity contribution in [3.63, 3.8) is 0 Å². The second-order valence-electron chi connectivity index (χ2n) is 4.29. The number of nitrogens with zero attached hydrogens (tertiary/aromatic N) is 2. The average molecular weight is 269 g/mol. The molecule has 0 aromatic carbocycles. The Hall–Kier alpha value is -1.89. The van der Waals surface area contributed by atoms with Crippen LogP contribution in [0.15, 0.2) is 21.9 Å². The third kappa shape index (κ3) is 5.52. The van der Waals surface area contributed by atoms with Crippen LogP contribution in [0.3, 0.4) is 0 Å². The average Bonchev–Trinajstić information content (AvgIpc) is 2.38. The molecule has 19 heavy (non-hydrogen) atoms. The lowest BCUT2D eigenvalue weighted by atomic mass is 10.3. The van der Waals surface area contributed by atoms with Crippen LogP contribution in [0.2, 0.25) is 0 Å². The van der Waals surface area contributed by atoms with Crippen molar-refractivity contribution in [1.82, 2.24) is 14.5 Å². The lowest BCUT2D eigenvalue weighted by molar-refractivity contribution is -0.140. The van der Waals surface area contributed by atoms with Gasteiger partial charge >= 0.3 is 11.7 Å². The van der Waals surface area contributed by atoms with Crippen LogP contribution in [0.1, 0.15) is 12.8 Å². The van der Waals surface area contributed by atoms with E-state index in [0.29, 0.717) is 19.5 Å². The zero-order chi connectivity index (χ0) is 14.3. The Bertz CT molecular complexity index is 520. The molecular weight excluding hydrogens is 250 g/mol. The van der Waals surface area contributed by atoms with E-state index in [9.17, 15) is 14.4 Å². The van der Waals surface area contributed by atoms with Crippen molar-refractivity contribution in [2.75, 3.05) is 27.2 Å². The number of H-pyrrole nitrogens is 1. The van der Waals surface area contributed by atoms with Crippen LogP contribution in [0.5, 0.6) is 0 Å². The summed E-state index contributed by atoms with van der Waals surface area (Å²) in [6, 6.07) is 1.32. The van der Waals surface area contributed by atoms with Crippen LogP contribution in [0.25, 0.3) is 0 Å². The molecule has 106 valence electrons. The van der Waals surface area contributed by atoms with Gasteiger partial charge in [-0.15, -0.1) is 0 Å². The molecule has 1 N–H and O–H groups in total. The summed E-state index contributed by atoms with van der Waals surface area (Å²) in [6.07, 6.45) is 2.59. The van der Waals surface area contributed by atoms with E-state index >= 15 is 0 Å². The summed E-state index contributed by atoms with van der Waals surface area (Å²) in [7, 11) is 3.27. The Morgan fingerprint density at radius 1 is 1.42 bits per heavy atom. The highest BCUT2D eigenvalue weighted by Gasteiger charge is 2.04. The van der Waals surface area contributed by atoms with E-state index in [2.05, 4.69) is 9.72 Å². The van der Waals surface area contributed by atoms with Crippen molar-refractivity contribution in [1.29, 1.82) is 0 Å². The van der Waals surface area contributed by atoms with Crippen LogP contribution >= 0.6 is 0 Å². The summed E-state index contributed by atoms with van der Waals surface area (Å²) in [5.41, 5.74) is -0.791. The highest BCUT2D eigenvalue weighted by atomic mass is 16.5. The van der Waals surface area contributed by atoms with Crippen molar-refractivity contribution in [2.45, 2.75) is 19.4 Å². The summed E-state index contributed by atoms with van der Waals surface area (Å²) in [4.78, 5) is 37.4. The third-order valence-corrected chi connectivity index (χ3v) is 2.76.